The fraction of sp³-hybridized carbons (Fsp3) is 0.200. The topological polar surface area (TPSA) is 78.7 Å². The van der Waals surface area contributed by atoms with E-state index in [1.165, 1.54) is 6.92 Å². The lowest BCUT2D eigenvalue weighted by Crippen LogP contribution is -2.08. The van der Waals surface area contributed by atoms with E-state index in [-0.39, 0.29) is 22.4 Å². The molecule has 6 nitrogen and oxygen atoms in total. The van der Waals surface area contributed by atoms with E-state index in [2.05, 4.69) is 4.52 Å². The van der Waals surface area contributed by atoms with Crippen LogP contribution >= 0.6 is 31.2 Å². The van der Waals surface area contributed by atoms with Gasteiger partial charge in [-0.1, -0.05) is 23.2 Å². The predicted octanol–water partition coefficient (Wildman–Crippen LogP) is 5.77. The van der Waals surface area contributed by atoms with Gasteiger partial charge in [-0.05, 0) is 24.6 Å². The summed E-state index contributed by atoms with van der Waals surface area (Å²) in [5, 5.41) is 10.1. The molecule has 0 amide bonds. The predicted molar refractivity (Wildman–Crippen MR) is 95.0 cm³/mol. The zero-order valence-corrected chi connectivity index (χ0v) is 16.2. The molecule has 0 saturated heterocycles. The smallest absolute Gasteiger partial charge is 0.416 e. The van der Waals surface area contributed by atoms with E-state index in [9.17, 15) is 27.9 Å². The Bertz CT molecular complexity index is 913. The van der Waals surface area contributed by atoms with Gasteiger partial charge in [-0.2, -0.15) is 13.2 Å². The fourth-order valence-electron chi connectivity index (χ4n) is 2.14. The molecule has 0 heterocycles. The molecule has 0 bridgehead atoms. The van der Waals surface area contributed by atoms with Crippen LogP contribution in [0.15, 0.2) is 24.3 Å². The number of alkyl halides is 3. The molecule has 1 atom stereocenters. The summed E-state index contributed by atoms with van der Waals surface area (Å²) in [6.45, 7) is 1.46. The second-order valence-corrected chi connectivity index (χ2v) is 7.59. The Balaban J connectivity index is 2.55. The molecule has 146 valence electrons. The first-order valence-corrected chi connectivity index (χ1v) is 9.14. The van der Waals surface area contributed by atoms with Crippen LogP contribution in [0.2, 0.25) is 10.0 Å². The van der Waals surface area contributed by atoms with E-state index in [4.69, 9.17) is 27.9 Å². The summed E-state index contributed by atoms with van der Waals surface area (Å²) < 4.78 is 60.5. The Morgan fingerprint density at radius 3 is 2.15 bits per heavy atom. The molecule has 0 aliphatic heterocycles. The molecule has 0 aliphatic rings. The van der Waals surface area contributed by atoms with Crippen LogP contribution in [0.3, 0.4) is 0 Å². The van der Waals surface area contributed by atoms with E-state index in [1.807, 2.05) is 0 Å². The lowest BCUT2D eigenvalue weighted by molar-refractivity contribution is -0.383. The first kappa shape index (κ1) is 21.5. The molecule has 27 heavy (non-hydrogen) atoms. The summed E-state index contributed by atoms with van der Waals surface area (Å²) in [5.41, 5.74) is -1.24. The van der Waals surface area contributed by atoms with Crippen LogP contribution in [-0.4, -0.2) is 12.0 Å². The number of ether oxygens (including phenoxy) is 1. The van der Waals surface area contributed by atoms with Crippen LogP contribution < -0.4 is 10.0 Å². The van der Waals surface area contributed by atoms with Crippen LogP contribution in [-0.2, 0) is 15.3 Å². The molecule has 0 N–H and O–H groups in total. The summed E-state index contributed by atoms with van der Waals surface area (Å²) in [6.07, 6.45) is -4.65. The van der Waals surface area contributed by atoms with Gasteiger partial charge in [0.05, 0.1) is 20.5 Å². The molecule has 12 heteroatoms. The van der Waals surface area contributed by atoms with Crippen molar-refractivity contribution in [1.82, 2.24) is 0 Å². The molecule has 0 radical (unpaired) electrons. The Labute approximate surface area is 161 Å². The van der Waals surface area contributed by atoms with Crippen LogP contribution in [0.25, 0.3) is 0 Å². The maximum atomic E-state index is 12.8. The van der Waals surface area contributed by atoms with Gasteiger partial charge in [-0.15, -0.1) is 0 Å². The maximum Gasteiger partial charge on any atom is 0.416 e. The molecular formula is C15H11Cl2F3NO5P. The largest absolute Gasteiger partial charge is 0.454 e. The van der Waals surface area contributed by atoms with E-state index in [0.29, 0.717) is 12.1 Å². The number of nitrogens with zero attached hydrogens (tertiary/aromatic N) is 1. The third-order valence-electron chi connectivity index (χ3n) is 3.43. The summed E-state index contributed by atoms with van der Waals surface area (Å²) >= 11 is 11.7. The second-order valence-electron chi connectivity index (χ2n) is 5.25. The molecule has 1 unspecified atom stereocenters. The van der Waals surface area contributed by atoms with Crippen molar-refractivity contribution in [1.29, 1.82) is 0 Å². The fourth-order valence-corrected chi connectivity index (χ4v) is 3.54. The van der Waals surface area contributed by atoms with Crippen LogP contribution in [0.4, 0.5) is 18.9 Å². The zero-order valence-electron chi connectivity index (χ0n) is 13.7. The highest BCUT2D eigenvalue weighted by atomic mass is 35.5. The van der Waals surface area contributed by atoms with Gasteiger partial charge < -0.3 is 9.26 Å². The molecular weight excluding hydrogens is 433 g/mol. The van der Waals surface area contributed by atoms with Crippen molar-refractivity contribution in [2.75, 3.05) is 7.11 Å². The van der Waals surface area contributed by atoms with Crippen molar-refractivity contribution in [2.24, 2.45) is 0 Å². The third-order valence-corrected chi connectivity index (χ3v) is 5.21. The Kier molecular flexibility index (Phi) is 6.42. The van der Waals surface area contributed by atoms with Gasteiger partial charge in [-0.3, -0.25) is 14.7 Å². The monoisotopic (exact) mass is 443 g/mol. The number of nitro benzene ring substituents is 1. The normalized spacial score (nSPS) is 12.7. The Hall–Kier alpha value is -1.80. The van der Waals surface area contributed by atoms with E-state index in [1.54, 1.807) is 0 Å². The van der Waals surface area contributed by atoms with Gasteiger partial charge in [0.15, 0.2) is 5.75 Å². The molecule has 0 aromatic heterocycles. The van der Waals surface area contributed by atoms with E-state index in [0.717, 1.165) is 19.2 Å². The van der Waals surface area contributed by atoms with Crippen LogP contribution in [0.5, 0.6) is 11.5 Å². The number of aryl methyl sites for hydroxylation is 1. The SMILES string of the molecule is CO[PH](=O)c1cc(Oc2c(Cl)cc(C(F)(F)F)cc2Cl)c(C)cc1[N+](=O)[O-]. The summed E-state index contributed by atoms with van der Waals surface area (Å²) in [7, 11) is -1.82. The maximum absolute atomic E-state index is 12.8. The molecule has 2 aromatic rings. The van der Waals surface area contributed by atoms with E-state index >= 15 is 0 Å². The number of halogens is 5. The van der Waals surface area contributed by atoms with Crippen LogP contribution in [0, 0.1) is 17.0 Å². The number of benzene rings is 2. The van der Waals surface area contributed by atoms with Gasteiger partial charge in [-0.25, -0.2) is 0 Å². The highest BCUT2D eigenvalue weighted by Gasteiger charge is 2.32. The second kappa shape index (κ2) is 8.06. The first-order chi connectivity index (χ1) is 12.5. The molecule has 2 aromatic carbocycles. The quantitative estimate of drug-likeness (QED) is 0.333. The molecule has 0 aliphatic carbocycles. The van der Waals surface area contributed by atoms with Gasteiger partial charge >= 0.3 is 6.18 Å². The summed E-state index contributed by atoms with van der Waals surface area (Å²) in [5.74, 6) is -0.291. The van der Waals surface area contributed by atoms with Crippen molar-refractivity contribution in [3.63, 3.8) is 0 Å². The minimum atomic E-state index is -4.65. The van der Waals surface area contributed by atoms with Crippen molar-refractivity contribution in [2.45, 2.75) is 13.1 Å². The molecule has 0 fully saturated rings. The van der Waals surface area contributed by atoms with Crippen molar-refractivity contribution in [3.05, 3.63) is 55.6 Å². The standard InChI is InChI=1S/C15H11Cl2F3NO5P/c1-7-3-11(21(22)23)13(27(24)25-2)6-12(7)26-14-9(16)4-8(5-10(14)17)15(18,19)20/h3-6,27H,1-2H3. The minimum Gasteiger partial charge on any atom is -0.454 e. The lowest BCUT2D eigenvalue weighted by Gasteiger charge is -2.15. The average molecular weight is 444 g/mol. The van der Waals surface area contributed by atoms with Crippen molar-refractivity contribution in [3.8, 4) is 11.5 Å². The molecule has 0 saturated carbocycles. The zero-order chi connectivity index (χ0) is 20.5. The average Bonchev–Trinajstić information content (AvgIpc) is 2.57. The Morgan fingerprint density at radius 2 is 1.70 bits per heavy atom. The highest BCUT2D eigenvalue weighted by molar-refractivity contribution is 7.48. The summed E-state index contributed by atoms with van der Waals surface area (Å²) in [6, 6.07) is 3.51. The van der Waals surface area contributed by atoms with Crippen LogP contribution in [0.1, 0.15) is 11.1 Å². The Morgan fingerprint density at radius 1 is 1.15 bits per heavy atom. The third kappa shape index (κ3) is 4.73. The van der Waals surface area contributed by atoms with Gasteiger partial charge in [0.2, 0.25) is 8.03 Å². The van der Waals surface area contributed by atoms with Gasteiger partial charge in [0, 0.05) is 19.2 Å². The number of nitro groups is 1. The van der Waals surface area contributed by atoms with Gasteiger partial charge in [0.25, 0.3) is 5.69 Å². The lowest BCUT2D eigenvalue weighted by atomic mass is 10.2. The highest BCUT2D eigenvalue weighted by Crippen LogP contribution is 2.43. The number of rotatable bonds is 5. The molecule has 2 rings (SSSR count). The summed E-state index contributed by atoms with van der Waals surface area (Å²) in [4.78, 5) is 10.4. The van der Waals surface area contributed by atoms with Crippen molar-refractivity contribution >= 4 is 42.2 Å². The first-order valence-electron chi connectivity index (χ1n) is 7.07. The van der Waals surface area contributed by atoms with Crippen molar-refractivity contribution < 1.29 is 31.9 Å². The van der Waals surface area contributed by atoms with Gasteiger partial charge in [0.1, 0.15) is 11.1 Å². The number of hydrogen-bond donors (Lipinski definition) is 0. The molecule has 0 spiro atoms. The van der Waals surface area contributed by atoms with E-state index < -0.39 is 40.4 Å². The number of hydrogen-bond acceptors (Lipinski definition) is 5. The minimum absolute atomic E-state index is 0.0189.